The van der Waals surface area contributed by atoms with Crippen molar-refractivity contribution in [1.82, 2.24) is 9.73 Å². The van der Waals surface area contributed by atoms with Gasteiger partial charge in [0.2, 0.25) is 10.0 Å². The Morgan fingerprint density at radius 3 is 2.55 bits per heavy atom. The zero-order valence-corrected chi connectivity index (χ0v) is 17.5. The summed E-state index contributed by atoms with van der Waals surface area (Å²) in [4.78, 5) is 0.191. The highest BCUT2D eigenvalue weighted by molar-refractivity contribution is 7.89. The zero-order chi connectivity index (χ0) is 20.9. The summed E-state index contributed by atoms with van der Waals surface area (Å²) in [7, 11) is -3.55. The van der Waals surface area contributed by atoms with E-state index in [4.69, 9.17) is 28.6 Å². The van der Waals surface area contributed by atoms with Gasteiger partial charge in [0.05, 0.1) is 29.3 Å². The van der Waals surface area contributed by atoms with Gasteiger partial charge in [0.1, 0.15) is 5.82 Å². The molecular weight excluding hydrogens is 439 g/mol. The molecule has 1 fully saturated rings. The highest BCUT2D eigenvalue weighted by atomic mass is 35.5. The number of nitrogens with one attached hydrogen (secondary N) is 2. The van der Waals surface area contributed by atoms with Crippen molar-refractivity contribution in [1.29, 1.82) is 0 Å². The van der Waals surface area contributed by atoms with Crippen molar-refractivity contribution in [3.63, 3.8) is 0 Å². The molecule has 0 spiro atoms. The average Bonchev–Trinajstić information content (AvgIpc) is 2.71. The summed E-state index contributed by atoms with van der Waals surface area (Å²) in [5.41, 5.74) is 3.27. The number of nitrogens with zero attached hydrogens (tertiary/aromatic N) is 2. The van der Waals surface area contributed by atoms with Crippen molar-refractivity contribution in [3.8, 4) is 0 Å². The molecule has 11 heteroatoms. The van der Waals surface area contributed by atoms with Crippen LogP contribution < -0.4 is 10.7 Å². The van der Waals surface area contributed by atoms with Crippen molar-refractivity contribution in [3.05, 3.63) is 58.9 Å². The topological polar surface area (TPSA) is 83.0 Å². The van der Waals surface area contributed by atoms with E-state index >= 15 is 0 Å². The van der Waals surface area contributed by atoms with Crippen LogP contribution in [0.25, 0.3) is 0 Å². The molecule has 0 aliphatic carbocycles. The van der Waals surface area contributed by atoms with Gasteiger partial charge in [0.15, 0.2) is 5.11 Å². The minimum Gasteiger partial charge on any atom is -0.379 e. The molecule has 1 saturated heterocycles. The van der Waals surface area contributed by atoms with Crippen molar-refractivity contribution in [2.24, 2.45) is 5.10 Å². The van der Waals surface area contributed by atoms with Gasteiger partial charge in [-0.15, -0.1) is 0 Å². The molecule has 2 aromatic carbocycles. The van der Waals surface area contributed by atoms with E-state index in [1.54, 1.807) is 18.2 Å². The lowest BCUT2D eigenvalue weighted by molar-refractivity contribution is 0.0730. The lowest BCUT2D eigenvalue weighted by Gasteiger charge is -2.26. The van der Waals surface area contributed by atoms with Gasteiger partial charge in [-0.2, -0.15) is 9.41 Å². The predicted molar refractivity (Wildman–Crippen MR) is 114 cm³/mol. The van der Waals surface area contributed by atoms with Crippen molar-refractivity contribution in [2.75, 3.05) is 31.6 Å². The van der Waals surface area contributed by atoms with Crippen molar-refractivity contribution in [2.45, 2.75) is 4.90 Å². The third-order valence-corrected chi connectivity index (χ3v) is 6.52. The number of hydrogen-bond acceptors (Lipinski definition) is 5. The first-order valence-electron chi connectivity index (χ1n) is 8.60. The van der Waals surface area contributed by atoms with E-state index in [0.717, 1.165) is 0 Å². The van der Waals surface area contributed by atoms with E-state index in [1.165, 1.54) is 34.8 Å². The van der Waals surface area contributed by atoms with Crippen molar-refractivity contribution >= 4 is 50.9 Å². The maximum atomic E-state index is 13.7. The van der Waals surface area contributed by atoms with Crippen LogP contribution in [0.1, 0.15) is 5.56 Å². The molecule has 0 atom stereocenters. The molecular formula is C18H18ClFN4O3S2. The maximum Gasteiger partial charge on any atom is 0.243 e. The summed E-state index contributed by atoms with van der Waals surface area (Å²) in [6.45, 7) is 1.44. The molecule has 1 heterocycles. The first-order valence-corrected chi connectivity index (χ1v) is 10.8. The van der Waals surface area contributed by atoms with Gasteiger partial charge in [-0.05, 0) is 48.6 Å². The van der Waals surface area contributed by atoms with Gasteiger partial charge >= 0.3 is 0 Å². The first-order chi connectivity index (χ1) is 13.9. The second-order valence-corrected chi connectivity index (χ2v) is 8.75. The van der Waals surface area contributed by atoms with Crippen LogP contribution >= 0.6 is 23.8 Å². The predicted octanol–water partition coefficient (Wildman–Crippen LogP) is 2.82. The van der Waals surface area contributed by atoms with Crippen LogP contribution in [-0.2, 0) is 14.8 Å². The Morgan fingerprint density at radius 2 is 1.90 bits per heavy atom. The summed E-state index contributed by atoms with van der Waals surface area (Å²) < 4.78 is 45.5. The lowest BCUT2D eigenvalue weighted by Crippen LogP contribution is -2.40. The number of hydrazone groups is 1. The molecule has 154 valence electrons. The molecule has 0 radical (unpaired) electrons. The summed E-state index contributed by atoms with van der Waals surface area (Å²) >= 11 is 11.0. The van der Waals surface area contributed by atoms with Gasteiger partial charge in [-0.25, -0.2) is 12.8 Å². The third-order valence-electron chi connectivity index (χ3n) is 4.08. The van der Waals surface area contributed by atoms with E-state index < -0.39 is 15.8 Å². The van der Waals surface area contributed by atoms with E-state index in [0.29, 0.717) is 32.0 Å². The van der Waals surface area contributed by atoms with Gasteiger partial charge in [-0.3, -0.25) is 5.43 Å². The largest absolute Gasteiger partial charge is 0.379 e. The number of sulfonamides is 1. The fraction of sp³-hybridized carbons (Fsp3) is 0.222. The highest BCUT2D eigenvalue weighted by Crippen LogP contribution is 2.19. The maximum absolute atomic E-state index is 13.7. The number of rotatable bonds is 5. The number of ether oxygens (including phenoxy) is 1. The van der Waals surface area contributed by atoms with E-state index in [-0.39, 0.29) is 20.6 Å². The standard InChI is InChI=1S/C18H18ClFN4O3S2/c19-16-2-1-3-17(20)15(16)12-21-23-18(28)22-13-4-6-14(7-5-13)29(25,26)24-8-10-27-11-9-24/h1-7,12H,8-11H2,(H2,22,23,28)/b21-12+. The molecule has 2 N–H and O–H groups in total. The van der Waals surface area contributed by atoms with Gasteiger partial charge in [-0.1, -0.05) is 17.7 Å². The van der Waals surface area contributed by atoms with Crippen LogP contribution in [0.2, 0.25) is 5.02 Å². The van der Waals surface area contributed by atoms with Crippen molar-refractivity contribution < 1.29 is 17.5 Å². The van der Waals surface area contributed by atoms with Crippen LogP contribution in [0.3, 0.4) is 0 Å². The summed E-state index contributed by atoms with van der Waals surface area (Å²) in [5, 5.41) is 7.11. The SMILES string of the molecule is O=S(=O)(c1ccc(NC(=S)N/N=C/c2c(F)cccc2Cl)cc1)N1CCOCC1. The zero-order valence-electron chi connectivity index (χ0n) is 15.1. The Labute approximate surface area is 178 Å². The number of benzene rings is 2. The second kappa shape index (κ2) is 9.59. The number of anilines is 1. The van der Waals surface area contributed by atoms with Crippen LogP contribution in [0.4, 0.5) is 10.1 Å². The molecule has 7 nitrogen and oxygen atoms in total. The first kappa shape index (κ1) is 21.6. The Morgan fingerprint density at radius 1 is 1.21 bits per heavy atom. The van der Waals surface area contributed by atoms with E-state index in [1.807, 2.05) is 0 Å². The summed E-state index contributed by atoms with van der Waals surface area (Å²) in [6, 6.07) is 10.5. The molecule has 0 unspecified atom stereocenters. The smallest absolute Gasteiger partial charge is 0.243 e. The molecule has 0 aromatic heterocycles. The molecule has 0 amide bonds. The van der Waals surface area contributed by atoms with Crippen LogP contribution in [-0.4, -0.2) is 50.4 Å². The highest BCUT2D eigenvalue weighted by Gasteiger charge is 2.26. The van der Waals surface area contributed by atoms with E-state index in [9.17, 15) is 12.8 Å². The monoisotopic (exact) mass is 456 g/mol. The minimum absolute atomic E-state index is 0.141. The summed E-state index contributed by atoms with van der Waals surface area (Å²) in [5.74, 6) is -0.501. The second-order valence-electron chi connectivity index (χ2n) is 6.00. The third kappa shape index (κ3) is 5.49. The number of hydrogen-bond donors (Lipinski definition) is 2. The lowest BCUT2D eigenvalue weighted by atomic mass is 10.2. The number of halogens is 2. The van der Waals surface area contributed by atoms with Crippen LogP contribution in [0.15, 0.2) is 52.5 Å². The Balaban J connectivity index is 1.59. The molecule has 2 aromatic rings. The van der Waals surface area contributed by atoms with Gasteiger partial charge in [0, 0.05) is 24.3 Å². The fourth-order valence-electron chi connectivity index (χ4n) is 2.59. The van der Waals surface area contributed by atoms with Gasteiger partial charge in [0.25, 0.3) is 0 Å². The Hall–Kier alpha value is -2.11. The van der Waals surface area contributed by atoms with Gasteiger partial charge < -0.3 is 10.1 Å². The molecule has 3 rings (SSSR count). The Bertz CT molecular complexity index is 990. The van der Waals surface area contributed by atoms with E-state index in [2.05, 4.69) is 15.8 Å². The number of thiocarbonyl (C=S) groups is 1. The number of morpholine rings is 1. The fourth-order valence-corrected chi connectivity index (χ4v) is 4.39. The molecule has 1 aliphatic rings. The van der Waals surface area contributed by atoms with Crippen LogP contribution in [0.5, 0.6) is 0 Å². The minimum atomic E-state index is -3.55. The normalized spacial score (nSPS) is 15.4. The molecule has 0 bridgehead atoms. The average molecular weight is 457 g/mol. The summed E-state index contributed by atoms with van der Waals surface area (Å²) in [6.07, 6.45) is 1.23. The van der Waals surface area contributed by atoms with Crippen LogP contribution in [0, 0.1) is 5.82 Å². The molecule has 0 saturated carbocycles. The molecule has 29 heavy (non-hydrogen) atoms. The Kier molecular flexibility index (Phi) is 7.14. The molecule has 1 aliphatic heterocycles. The quantitative estimate of drug-likeness (QED) is 0.409.